The van der Waals surface area contributed by atoms with Gasteiger partial charge < -0.3 is 5.73 Å². The molecular weight excluding hydrogens is 284 g/mol. The molecule has 0 saturated carbocycles. The Labute approximate surface area is 120 Å². The monoisotopic (exact) mass is 304 g/mol. The molecule has 0 aliphatic heterocycles. The van der Waals surface area contributed by atoms with E-state index < -0.39 is 10.0 Å². The van der Waals surface area contributed by atoms with Crippen LogP contribution in [-0.4, -0.2) is 15.0 Å². The predicted octanol–water partition coefficient (Wildman–Crippen LogP) is 2.88. The fourth-order valence-electron chi connectivity index (χ4n) is 1.26. The van der Waals surface area contributed by atoms with Gasteiger partial charge in [0.2, 0.25) is 10.0 Å². The topological polar surface area (TPSA) is 72.2 Å². The first-order valence-corrected chi connectivity index (χ1v) is 7.97. The van der Waals surface area contributed by atoms with E-state index in [9.17, 15) is 8.42 Å². The number of halogens is 1. The molecule has 0 amide bonds. The number of anilines is 1. The van der Waals surface area contributed by atoms with E-state index in [4.69, 9.17) is 17.3 Å². The summed E-state index contributed by atoms with van der Waals surface area (Å²) in [4.78, 5) is 0.133. The summed E-state index contributed by atoms with van der Waals surface area (Å²) < 4.78 is 26.9. The lowest BCUT2D eigenvalue weighted by Gasteiger charge is -2.29. The number of hydrogen-bond donors (Lipinski definition) is 2. The number of benzene rings is 1. The molecule has 0 unspecified atom stereocenters. The van der Waals surface area contributed by atoms with Crippen LogP contribution in [-0.2, 0) is 10.0 Å². The van der Waals surface area contributed by atoms with Crippen LogP contribution in [0.1, 0.15) is 27.7 Å². The molecule has 0 radical (unpaired) electrons. The summed E-state index contributed by atoms with van der Waals surface area (Å²) in [6, 6.07) is 4.30. The number of rotatable bonds is 5. The van der Waals surface area contributed by atoms with Crippen molar-refractivity contribution in [3.05, 3.63) is 23.2 Å². The van der Waals surface area contributed by atoms with Gasteiger partial charge >= 0.3 is 0 Å². The molecule has 0 aliphatic rings. The molecule has 19 heavy (non-hydrogen) atoms. The molecule has 0 saturated heterocycles. The third kappa shape index (κ3) is 4.09. The first-order chi connectivity index (χ1) is 8.56. The first kappa shape index (κ1) is 16.3. The van der Waals surface area contributed by atoms with Gasteiger partial charge in [0, 0.05) is 6.54 Å². The largest absolute Gasteiger partial charge is 0.397 e. The second-order valence-corrected chi connectivity index (χ2v) is 7.83. The molecule has 0 fully saturated rings. The molecular formula is C13H21ClN2O2S. The Balaban J connectivity index is 2.90. The predicted molar refractivity (Wildman–Crippen MR) is 79.7 cm³/mol. The van der Waals surface area contributed by atoms with Crippen LogP contribution >= 0.6 is 11.6 Å². The summed E-state index contributed by atoms with van der Waals surface area (Å²) in [6.45, 7) is 8.55. The van der Waals surface area contributed by atoms with Crippen molar-refractivity contribution in [1.29, 1.82) is 0 Å². The van der Waals surface area contributed by atoms with Crippen LogP contribution in [0.2, 0.25) is 5.02 Å². The summed E-state index contributed by atoms with van der Waals surface area (Å²) in [5.41, 5.74) is 5.76. The second kappa shape index (κ2) is 5.69. The SMILES string of the molecule is CC(C)C(C)(C)CNS(=O)(=O)c1ccc(Cl)c(N)c1. The highest BCUT2D eigenvalue weighted by molar-refractivity contribution is 7.89. The molecule has 0 spiro atoms. The van der Waals surface area contributed by atoms with Crippen molar-refractivity contribution in [3.63, 3.8) is 0 Å². The van der Waals surface area contributed by atoms with Crippen molar-refractivity contribution in [3.8, 4) is 0 Å². The van der Waals surface area contributed by atoms with Crippen molar-refractivity contribution in [2.24, 2.45) is 11.3 Å². The molecule has 0 aromatic heterocycles. The summed E-state index contributed by atoms with van der Waals surface area (Å²) >= 11 is 5.78. The summed E-state index contributed by atoms with van der Waals surface area (Å²) in [5.74, 6) is 0.366. The Morgan fingerprint density at radius 3 is 2.42 bits per heavy atom. The van der Waals surface area contributed by atoms with Gasteiger partial charge in [0.05, 0.1) is 15.6 Å². The van der Waals surface area contributed by atoms with Crippen LogP contribution in [0, 0.1) is 11.3 Å². The van der Waals surface area contributed by atoms with E-state index in [-0.39, 0.29) is 16.0 Å². The van der Waals surface area contributed by atoms with Crippen molar-refractivity contribution >= 4 is 27.3 Å². The lowest BCUT2D eigenvalue weighted by molar-refractivity contribution is 0.252. The molecule has 6 heteroatoms. The van der Waals surface area contributed by atoms with Crippen molar-refractivity contribution in [2.75, 3.05) is 12.3 Å². The highest BCUT2D eigenvalue weighted by atomic mass is 35.5. The van der Waals surface area contributed by atoms with Gasteiger partial charge in [0.25, 0.3) is 0 Å². The quantitative estimate of drug-likeness (QED) is 0.822. The second-order valence-electron chi connectivity index (χ2n) is 5.65. The lowest BCUT2D eigenvalue weighted by atomic mass is 9.81. The fraction of sp³-hybridized carbons (Fsp3) is 0.538. The van der Waals surface area contributed by atoms with Gasteiger partial charge in [-0.1, -0.05) is 39.3 Å². The van der Waals surface area contributed by atoms with E-state index >= 15 is 0 Å². The Morgan fingerprint density at radius 2 is 1.95 bits per heavy atom. The summed E-state index contributed by atoms with van der Waals surface area (Å²) in [5, 5.41) is 0.349. The van der Waals surface area contributed by atoms with Gasteiger partial charge in [-0.15, -0.1) is 0 Å². The molecule has 0 atom stereocenters. The third-order valence-corrected chi connectivity index (χ3v) is 5.30. The van der Waals surface area contributed by atoms with Gasteiger partial charge in [0.1, 0.15) is 0 Å². The van der Waals surface area contributed by atoms with Gasteiger partial charge in [-0.25, -0.2) is 13.1 Å². The highest BCUT2D eigenvalue weighted by Crippen LogP contribution is 2.26. The number of nitrogens with one attached hydrogen (secondary N) is 1. The summed E-state index contributed by atoms with van der Waals surface area (Å²) in [7, 11) is -3.55. The molecule has 3 N–H and O–H groups in total. The van der Waals surface area contributed by atoms with E-state index in [1.54, 1.807) is 0 Å². The van der Waals surface area contributed by atoms with Crippen LogP contribution in [0.5, 0.6) is 0 Å². The fourth-order valence-corrected chi connectivity index (χ4v) is 2.63. The molecule has 0 heterocycles. The van der Waals surface area contributed by atoms with Crippen LogP contribution in [0.25, 0.3) is 0 Å². The average Bonchev–Trinajstić information content (AvgIpc) is 2.30. The zero-order valence-corrected chi connectivity index (χ0v) is 13.3. The maximum Gasteiger partial charge on any atom is 0.240 e. The van der Waals surface area contributed by atoms with Gasteiger partial charge in [0.15, 0.2) is 0 Å². The maximum atomic E-state index is 12.2. The Morgan fingerprint density at radius 1 is 1.37 bits per heavy atom. The Bertz CT molecular complexity index is 554. The van der Waals surface area contributed by atoms with Crippen molar-refractivity contribution in [1.82, 2.24) is 4.72 Å². The zero-order chi connectivity index (χ0) is 14.8. The number of nitrogen functional groups attached to an aromatic ring is 1. The number of nitrogens with two attached hydrogens (primary N) is 1. The number of hydrogen-bond acceptors (Lipinski definition) is 3. The zero-order valence-electron chi connectivity index (χ0n) is 11.7. The van der Waals surface area contributed by atoms with Crippen LogP contribution in [0.3, 0.4) is 0 Å². The molecule has 0 aliphatic carbocycles. The average molecular weight is 305 g/mol. The van der Waals surface area contributed by atoms with E-state index in [1.807, 2.05) is 13.8 Å². The lowest BCUT2D eigenvalue weighted by Crippen LogP contribution is -2.36. The van der Waals surface area contributed by atoms with E-state index in [0.29, 0.717) is 17.5 Å². The highest BCUT2D eigenvalue weighted by Gasteiger charge is 2.25. The molecule has 1 aromatic carbocycles. The van der Waals surface area contributed by atoms with Crippen molar-refractivity contribution < 1.29 is 8.42 Å². The van der Waals surface area contributed by atoms with E-state index in [2.05, 4.69) is 18.6 Å². The molecule has 4 nitrogen and oxygen atoms in total. The smallest absolute Gasteiger partial charge is 0.240 e. The molecule has 1 aromatic rings. The van der Waals surface area contributed by atoms with Gasteiger partial charge in [-0.05, 0) is 29.5 Å². The first-order valence-electron chi connectivity index (χ1n) is 6.11. The summed E-state index contributed by atoms with van der Waals surface area (Å²) in [6.07, 6.45) is 0. The van der Waals surface area contributed by atoms with Gasteiger partial charge in [-0.3, -0.25) is 0 Å². The third-order valence-electron chi connectivity index (χ3n) is 3.56. The van der Waals surface area contributed by atoms with Gasteiger partial charge in [-0.2, -0.15) is 0 Å². The minimum atomic E-state index is -3.55. The standard InChI is InChI=1S/C13H21ClN2O2S/c1-9(2)13(3,4)8-16-19(17,18)10-5-6-11(14)12(15)7-10/h5-7,9,16H,8,15H2,1-4H3. The molecule has 1 rings (SSSR count). The molecule has 0 bridgehead atoms. The van der Waals surface area contributed by atoms with Crippen LogP contribution < -0.4 is 10.5 Å². The minimum Gasteiger partial charge on any atom is -0.397 e. The van der Waals surface area contributed by atoms with Crippen LogP contribution in [0.15, 0.2) is 23.1 Å². The maximum absolute atomic E-state index is 12.2. The van der Waals surface area contributed by atoms with E-state index in [0.717, 1.165) is 0 Å². The van der Waals surface area contributed by atoms with E-state index in [1.165, 1.54) is 18.2 Å². The normalized spacial score (nSPS) is 12.9. The van der Waals surface area contributed by atoms with Crippen molar-refractivity contribution in [2.45, 2.75) is 32.6 Å². The Kier molecular flexibility index (Phi) is 4.87. The molecule has 108 valence electrons. The minimum absolute atomic E-state index is 0.120. The van der Waals surface area contributed by atoms with Crippen LogP contribution in [0.4, 0.5) is 5.69 Å². The number of sulfonamides is 1. The Hall–Kier alpha value is -0.780.